The van der Waals surface area contributed by atoms with Crippen molar-refractivity contribution in [1.82, 2.24) is 6.64 Å². The van der Waals surface area contributed by atoms with Gasteiger partial charge in [0.25, 0.3) is 0 Å². The molecule has 0 aromatic rings. The van der Waals surface area contributed by atoms with Crippen molar-refractivity contribution in [3.63, 3.8) is 0 Å². The van der Waals surface area contributed by atoms with E-state index in [1.807, 2.05) is 0 Å². The summed E-state index contributed by atoms with van der Waals surface area (Å²) in [6, 6.07) is 0. The summed E-state index contributed by atoms with van der Waals surface area (Å²) >= 11 is 14.2. The fourth-order valence-corrected chi connectivity index (χ4v) is 4.41. The van der Waals surface area contributed by atoms with Crippen molar-refractivity contribution in [3.05, 3.63) is 0 Å². The Kier molecular flexibility index (Phi) is 10.1. The molecule has 9 heteroatoms. The van der Waals surface area contributed by atoms with Crippen LogP contribution in [0.2, 0.25) is 0 Å². The van der Waals surface area contributed by atoms with Crippen molar-refractivity contribution in [3.8, 4) is 0 Å². The maximum atomic E-state index is 5.46. The van der Waals surface area contributed by atoms with Gasteiger partial charge in [-0.3, -0.25) is 5.32 Å². The molecule has 0 fully saturated rings. The molecule has 3 nitrogen and oxygen atoms in total. The zero-order chi connectivity index (χ0) is 10.7. The van der Waals surface area contributed by atoms with Crippen LogP contribution in [0.1, 0.15) is 0 Å². The van der Waals surface area contributed by atoms with Crippen molar-refractivity contribution in [2.24, 2.45) is 5.73 Å². The van der Waals surface area contributed by atoms with Crippen LogP contribution in [0.15, 0.2) is 0 Å². The second-order valence-corrected chi connectivity index (χ2v) is 16.3. The molecule has 0 amide bonds. The largest absolute Gasteiger partial charge is 0.329 e. The molecule has 0 saturated heterocycles. The molecule has 0 aliphatic carbocycles. The fourth-order valence-electron chi connectivity index (χ4n) is 0.442. The third kappa shape index (κ3) is 5.62. The summed E-state index contributed by atoms with van der Waals surface area (Å²) < 4.78 is 2.09. The first kappa shape index (κ1) is 17.3. The van der Waals surface area contributed by atoms with Crippen LogP contribution in [-0.4, -0.2) is 17.5 Å². The molecule has 3 N–H and O–H groups in total. The maximum absolute atomic E-state index is 5.46. The van der Waals surface area contributed by atoms with Gasteiger partial charge in [-0.2, -0.15) is 1.33 Å². The third-order valence-corrected chi connectivity index (χ3v) is 15.3. The van der Waals surface area contributed by atoms with Crippen molar-refractivity contribution in [2.75, 3.05) is 13.1 Å². The number of hydrogen-bond donors (Lipinski definition) is 2. The van der Waals surface area contributed by atoms with E-state index in [4.69, 9.17) is 5.73 Å². The molecule has 0 heterocycles. The van der Waals surface area contributed by atoms with E-state index in [9.17, 15) is 0 Å². The highest BCUT2D eigenvalue weighted by molar-refractivity contribution is 14.2. The lowest BCUT2D eigenvalue weighted by Crippen LogP contribution is -2.52. The van der Waals surface area contributed by atoms with Crippen LogP contribution in [0.5, 0.6) is 0 Å². The Balaban J connectivity index is 4.41. The van der Waals surface area contributed by atoms with Crippen molar-refractivity contribution in [2.45, 2.75) is 3.10 Å². The van der Waals surface area contributed by atoms with Crippen LogP contribution in [0.3, 0.4) is 0 Å². The van der Waals surface area contributed by atoms with E-state index in [1.165, 1.54) is 0 Å². The third-order valence-electron chi connectivity index (χ3n) is 1.08. The van der Waals surface area contributed by atoms with Gasteiger partial charge in [0.05, 0.1) is 0 Å². The first-order chi connectivity index (χ1) is 5.75. The van der Waals surface area contributed by atoms with Crippen molar-refractivity contribution < 1.29 is 0 Å². The van der Waals surface area contributed by atoms with Gasteiger partial charge in [0.2, 0.25) is 0 Å². The van der Waals surface area contributed by atoms with E-state index in [0.717, 1.165) is 6.54 Å². The second-order valence-electron chi connectivity index (χ2n) is 2.06. The second kappa shape index (κ2) is 7.64. The molecule has 0 aromatic carbocycles. The molecular weight excluding hydrogens is 851 g/mol. The molecule has 0 bridgehead atoms. The fraction of sp³-hybridized carbons (Fsp3) is 1.00. The summed E-state index contributed by atoms with van der Waals surface area (Å²) in [7, 11) is 0. The first-order valence-electron chi connectivity index (χ1n) is 3.08. The van der Waals surface area contributed by atoms with Crippen LogP contribution in [0.4, 0.5) is 0 Å². The summed E-state index contributed by atoms with van der Waals surface area (Å²) in [4.78, 5) is 0. The zero-order valence-electron chi connectivity index (χ0n) is 6.21. The Labute approximate surface area is 161 Å². The minimum atomic E-state index is -0.0363. The monoisotopic (exact) mass is 858 g/mol. The Morgan fingerprint density at radius 1 is 1.15 bits per heavy atom. The van der Waals surface area contributed by atoms with Gasteiger partial charge in [-0.25, -0.2) is 0 Å². The van der Waals surface area contributed by atoms with Gasteiger partial charge in [-0.1, -0.05) is 0 Å². The number of alkyl halides is 4. The number of hydrogen-bond acceptors (Lipinski definition) is 3. The smallest absolute Gasteiger partial charge is 0.178 e. The molecule has 0 atom stereocenters. The topological polar surface area (TPSA) is 41.3 Å². The van der Waals surface area contributed by atoms with Crippen molar-refractivity contribution in [1.29, 1.82) is 0 Å². The lowest BCUT2D eigenvalue weighted by molar-refractivity contribution is 0.589. The number of halogens is 6. The molecular formula is C4H7I6N3. The van der Waals surface area contributed by atoms with Crippen LogP contribution in [0.25, 0.3) is 0 Å². The molecule has 0 unspecified atom stereocenters. The van der Waals surface area contributed by atoms with Gasteiger partial charge < -0.3 is 5.73 Å². The lowest BCUT2D eigenvalue weighted by atomic mass is 10.6. The zero-order valence-corrected chi connectivity index (χ0v) is 19.2. The average Bonchev–Trinajstić information content (AvgIpc) is 2.00. The van der Waals surface area contributed by atoms with E-state index >= 15 is 0 Å². The van der Waals surface area contributed by atoms with Gasteiger partial charge in [0.1, 0.15) is 0 Å². The average molecular weight is 859 g/mol. The SMILES string of the molecule is NCCNC(I)(I)C(I)(I)N(I)I. The van der Waals surface area contributed by atoms with Crippen LogP contribution >= 0.6 is 136 Å². The van der Waals surface area contributed by atoms with Gasteiger partial charge in [0, 0.05) is 58.8 Å². The molecule has 0 aliphatic heterocycles. The summed E-state index contributed by atoms with van der Waals surface area (Å²) in [5.41, 5.74) is 5.46. The normalized spacial score (nSPS) is 13.8. The summed E-state index contributed by atoms with van der Waals surface area (Å²) in [6.45, 7) is 1.50. The summed E-state index contributed by atoms with van der Waals surface area (Å²) in [5.74, 6) is 0. The van der Waals surface area contributed by atoms with E-state index < -0.39 is 0 Å². The Morgan fingerprint density at radius 3 is 1.92 bits per heavy atom. The van der Waals surface area contributed by atoms with E-state index in [1.54, 1.807) is 0 Å². The van der Waals surface area contributed by atoms with Gasteiger partial charge in [-0.15, -0.1) is 0 Å². The Bertz CT molecular complexity index is 160. The molecule has 13 heavy (non-hydrogen) atoms. The molecule has 0 aliphatic rings. The van der Waals surface area contributed by atoms with E-state index in [2.05, 4.69) is 143 Å². The number of nitrogens with one attached hydrogen (secondary N) is 1. The van der Waals surface area contributed by atoms with Crippen LogP contribution in [0, 0.1) is 0 Å². The van der Waals surface area contributed by atoms with Gasteiger partial charge in [-0.05, 0) is 90.4 Å². The van der Waals surface area contributed by atoms with E-state index in [-0.39, 0.29) is 3.10 Å². The molecule has 0 aromatic heterocycles. The summed E-state index contributed by atoms with van der Waals surface area (Å²) in [5, 5.41) is 3.41. The molecule has 0 spiro atoms. The van der Waals surface area contributed by atoms with Crippen LogP contribution in [-0.2, 0) is 0 Å². The predicted molar refractivity (Wildman–Crippen MR) is 108 cm³/mol. The molecule has 0 rings (SSSR count). The Hall–Kier alpha value is 4.26. The highest BCUT2D eigenvalue weighted by atomic mass is 127. The standard InChI is InChI=1S/C4H7I6N3/c5-3(6,12-2-1-11)4(7,8)13(9)10/h12H,1-2,11H2. The minimum absolute atomic E-state index is 0.0000694. The number of nitrogens with zero attached hydrogens (tertiary/aromatic N) is 1. The Morgan fingerprint density at radius 2 is 1.62 bits per heavy atom. The van der Waals surface area contributed by atoms with Crippen molar-refractivity contribution >= 4 is 136 Å². The quantitative estimate of drug-likeness (QED) is 0.193. The minimum Gasteiger partial charge on any atom is -0.329 e. The predicted octanol–water partition coefficient (Wildman–Crippen LogP) is 3.58. The summed E-state index contributed by atoms with van der Waals surface area (Å²) in [6.07, 6.45) is 0. The van der Waals surface area contributed by atoms with Crippen LogP contribution < -0.4 is 11.1 Å². The van der Waals surface area contributed by atoms with Gasteiger partial charge >= 0.3 is 0 Å². The number of rotatable bonds is 5. The highest BCUT2D eigenvalue weighted by Crippen LogP contribution is 2.52. The van der Waals surface area contributed by atoms with E-state index in [0.29, 0.717) is 6.54 Å². The van der Waals surface area contributed by atoms with Gasteiger partial charge in [0.15, 0.2) is 3.10 Å². The number of nitrogens with two attached hydrogens (primary N) is 1. The molecule has 0 saturated carbocycles. The lowest BCUT2D eigenvalue weighted by Gasteiger charge is -2.37. The molecule has 80 valence electrons. The maximum Gasteiger partial charge on any atom is 0.178 e. The first-order valence-corrected chi connectivity index (χ1v) is 9.32. The highest BCUT2D eigenvalue weighted by Gasteiger charge is 2.47. The molecule has 0 radical (unpaired) electrons.